The molecule has 15 heavy (non-hydrogen) atoms. The van der Waals surface area contributed by atoms with Crippen LogP contribution >= 0.6 is 0 Å². The minimum Gasteiger partial charge on any atom is -0.396 e. The van der Waals surface area contributed by atoms with Crippen molar-refractivity contribution in [3.63, 3.8) is 0 Å². The second kappa shape index (κ2) is 5.51. The zero-order chi connectivity index (χ0) is 11.3. The third kappa shape index (κ3) is 2.80. The molecule has 3 heteroatoms. The van der Waals surface area contributed by atoms with Gasteiger partial charge in [-0.15, -0.1) is 0 Å². The molecule has 0 saturated carbocycles. The Labute approximate surface area is 90.2 Å². The van der Waals surface area contributed by atoms with Crippen LogP contribution < -0.4 is 0 Å². The number of aliphatic hydroxyl groups is 1. The first-order chi connectivity index (χ1) is 7.29. The molecule has 0 spiro atoms. The molecular weight excluding hydrogens is 188 g/mol. The summed E-state index contributed by atoms with van der Waals surface area (Å²) in [5.41, 5.74) is 3.17. The Morgan fingerprint density at radius 3 is 2.73 bits per heavy atom. The summed E-state index contributed by atoms with van der Waals surface area (Å²) in [5.74, 6) is 0.927. The first kappa shape index (κ1) is 11.7. The number of imidazole rings is 1. The SMILES string of the molecule is CC.Cc1nc2ccc(CCO)cc2[nH]1. The van der Waals surface area contributed by atoms with Crippen LogP contribution in [0.5, 0.6) is 0 Å². The molecule has 1 heterocycles. The van der Waals surface area contributed by atoms with E-state index in [2.05, 4.69) is 9.97 Å². The molecule has 1 aromatic carbocycles. The fourth-order valence-corrected chi connectivity index (χ4v) is 1.47. The van der Waals surface area contributed by atoms with E-state index in [-0.39, 0.29) is 6.61 Å². The van der Waals surface area contributed by atoms with Gasteiger partial charge in [0, 0.05) is 6.61 Å². The Hall–Kier alpha value is -1.35. The summed E-state index contributed by atoms with van der Waals surface area (Å²) in [5, 5.41) is 8.77. The molecule has 0 amide bonds. The highest BCUT2D eigenvalue weighted by molar-refractivity contribution is 5.75. The Bertz CT molecular complexity index is 420. The lowest BCUT2D eigenvalue weighted by molar-refractivity contribution is 0.299. The molecule has 2 aromatic rings. The van der Waals surface area contributed by atoms with Crippen molar-refractivity contribution >= 4 is 11.0 Å². The van der Waals surface area contributed by atoms with E-state index in [0.717, 1.165) is 22.4 Å². The van der Waals surface area contributed by atoms with E-state index in [1.165, 1.54) is 0 Å². The number of rotatable bonds is 2. The van der Waals surface area contributed by atoms with Crippen molar-refractivity contribution in [1.29, 1.82) is 0 Å². The van der Waals surface area contributed by atoms with Crippen LogP contribution in [0.15, 0.2) is 18.2 Å². The molecule has 82 valence electrons. The normalized spacial score (nSPS) is 9.87. The van der Waals surface area contributed by atoms with Gasteiger partial charge in [-0.25, -0.2) is 4.98 Å². The minimum absolute atomic E-state index is 0.193. The molecule has 2 N–H and O–H groups in total. The van der Waals surface area contributed by atoms with E-state index < -0.39 is 0 Å². The van der Waals surface area contributed by atoms with Gasteiger partial charge in [0.25, 0.3) is 0 Å². The lowest BCUT2D eigenvalue weighted by Gasteiger charge is -1.96. The van der Waals surface area contributed by atoms with Crippen molar-refractivity contribution in [3.8, 4) is 0 Å². The van der Waals surface area contributed by atoms with Crippen molar-refractivity contribution in [2.24, 2.45) is 0 Å². The number of hydrogen-bond acceptors (Lipinski definition) is 2. The summed E-state index contributed by atoms with van der Waals surface area (Å²) in [7, 11) is 0. The molecule has 0 fully saturated rings. The predicted octanol–water partition coefficient (Wildman–Crippen LogP) is 2.43. The number of hydrogen-bond donors (Lipinski definition) is 2. The number of aromatic amines is 1. The summed E-state index contributed by atoms with van der Waals surface area (Å²) in [6.45, 7) is 6.13. The quantitative estimate of drug-likeness (QED) is 0.792. The molecule has 0 bridgehead atoms. The molecule has 0 atom stereocenters. The first-order valence-corrected chi connectivity index (χ1v) is 5.36. The summed E-state index contributed by atoms with van der Waals surface area (Å²) in [6, 6.07) is 6.01. The third-order valence-electron chi connectivity index (χ3n) is 2.07. The largest absolute Gasteiger partial charge is 0.396 e. The molecule has 1 aromatic heterocycles. The highest BCUT2D eigenvalue weighted by Crippen LogP contribution is 2.13. The average Bonchev–Trinajstić information content (AvgIpc) is 2.61. The number of aryl methyl sites for hydroxylation is 1. The van der Waals surface area contributed by atoms with Crippen molar-refractivity contribution in [1.82, 2.24) is 9.97 Å². The zero-order valence-electron chi connectivity index (χ0n) is 9.54. The lowest BCUT2D eigenvalue weighted by atomic mass is 10.1. The van der Waals surface area contributed by atoms with E-state index >= 15 is 0 Å². The molecule has 0 aliphatic heterocycles. The van der Waals surface area contributed by atoms with Gasteiger partial charge >= 0.3 is 0 Å². The maximum atomic E-state index is 8.77. The van der Waals surface area contributed by atoms with Crippen LogP contribution in [0.2, 0.25) is 0 Å². The number of aromatic nitrogens is 2. The van der Waals surface area contributed by atoms with E-state index in [1.807, 2.05) is 39.0 Å². The first-order valence-electron chi connectivity index (χ1n) is 5.36. The molecule has 0 radical (unpaired) electrons. The van der Waals surface area contributed by atoms with Crippen molar-refractivity contribution in [3.05, 3.63) is 29.6 Å². The zero-order valence-corrected chi connectivity index (χ0v) is 9.54. The Morgan fingerprint density at radius 1 is 1.33 bits per heavy atom. The highest BCUT2D eigenvalue weighted by atomic mass is 16.2. The van der Waals surface area contributed by atoms with Gasteiger partial charge in [-0.2, -0.15) is 0 Å². The number of benzene rings is 1. The molecule has 0 aliphatic rings. The standard InChI is InChI=1S/C10H12N2O.C2H6/c1-7-11-9-3-2-8(4-5-13)6-10(9)12-7;1-2/h2-3,6,13H,4-5H2,1H3,(H,11,12);1-2H3. The van der Waals surface area contributed by atoms with Gasteiger partial charge in [0.1, 0.15) is 5.82 Å². The van der Waals surface area contributed by atoms with Crippen molar-refractivity contribution in [2.75, 3.05) is 6.61 Å². The third-order valence-corrected chi connectivity index (χ3v) is 2.07. The molecular formula is C12H18N2O. The highest BCUT2D eigenvalue weighted by Gasteiger charge is 1.99. The maximum absolute atomic E-state index is 8.77. The number of H-pyrrole nitrogens is 1. The fraction of sp³-hybridized carbons (Fsp3) is 0.417. The lowest BCUT2D eigenvalue weighted by Crippen LogP contribution is -1.89. The van der Waals surface area contributed by atoms with Crippen LogP contribution in [0.3, 0.4) is 0 Å². The molecule has 2 rings (SSSR count). The minimum atomic E-state index is 0.193. The van der Waals surface area contributed by atoms with Gasteiger partial charge < -0.3 is 10.1 Å². The fourth-order valence-electron chi connectivity index (χ4n) is 1.47. The van der Waals surface area contributed by atoms with Crippen LogP contribution in [0.4, 0.5) is 0 Å². The smallest absolute Gasteiger partial charge is 0.104 e. The molecule has 0 saturated heterocycles. The van der Waals surface area contributed by atoms with Crippen LogP contribution in [0.1, 0.15) is 25.2 Å². The maximum Gasteiger partial charge on any atom is 0.104 e. The van der Waals surface area contributed by atoms with Gasteiger partial charge in [-0.3, -0.25) is 0 Å². The van der Waals surface area contributed by atoms with E-state index in [9.17, 15) is 0 Å². The number of nitrogens with one attached hydrogen (secondary N) is 1. The van der Waals surface area contributed by atoms with Crippen molar-refractivity contribution < 1.29 is 5.11 Å². The number of nitrogens with zero attached hydrogens (tertiary/aromatic N) is 1. The van der Waals surface area contributed by atoms with Crippen LogP contribution in [0, 0.1) is 6.92 Å². The van der Waals surface area contributed by atoms with E-state index in [0.29, 0.717) is 6.42 Å². The van der Waals surface area contributed by atoms with E-state index in [4.69, 9.17) is 5.11 Å². The van der Waals surface area contributed by atoms with Gasteiger partial charge in [-0.05, 0) is 31.0 Å². The Morgan fingerprint density at radius 2 is 2.07 bits per heavy atom. The summed E-state index contributed by atoms with van der Waals surface area (Å²) in [6.07, 6.45) is 0.702. The van der Waals surface area contributed by atoms with Crippen LogP contribution in [-0.2, 0) is 6.42 Å². The molecule has 3 nitrogen and oxygen atoms in total. The topological polar surface area (TPSA) is 48.9 Å². The average molecular weight is 206 g/mol. The Kier molecular flexibility index (Phi) is 4.31. The second-order valence-corrected chi connectivity index (χ2v) is 3.15. The van der Waals surface area contributed by atoms with Crippen LogP contribution in [0.25, 0.3) is 11.0 Å². The molecule has 0 aliphatic carbocycles. The Balaban J connectivity index is 0.000000531. The van der Waals surface area contributed by atoms with Gasteiger partial charge in [0.15, 0.2) is 0 Å². The number of aliphatic hydroxyl groups excluding tert-OH is 1. The van der Waals surface area contributed by atoms with Gasteiger partial charge in [-0.1, -0.05) is 19.9 Å². The predicted molar refractivity (Wildman–Crippen MR) is 63.0 cm³/mol. The monoisotopic (exact) mass is 206 g/mol. The summed E-state index contributed by atoms with van der Waals surface area (Å²) in [4.78, 5) is 7.46. The molecule has 0 unspecified atom stereocenters. The summed E-state index contributed by atoms with van der Waals surface area (Å²) < 4.78 is 0. The van der Waals surface area contributed by atoms with Gasteiger partial charge in [0.05, 0.1) is 11.0 Å². The van der Waals surface area contributed by atoms with Crippen molar-refractivity contribution in [2.45, 2.75) is 27.2 Å². The van der Waals surface area contributed by atoms with E-state index in [1.54, 1.807) is 0 Å². The second-order valence-electron chi connectivity index (χ2n) is 3.15. The summed E-state index contributed by atoms with van der Waals surface area (Å²) >= 11 is 0. The van der Waals surface area contributed by atoms with Gasteiger partial charge in [0.2, 0.25) is 0 Å². The number of fused-ring (bicyclic) bond motifs is 1. The van der Waals surface area contributed by atoms with Crippen LogP contribution in [-0.4, -0.2) is 21.7 Å².